The van der Waals surface area contributed by atoms with Crippen LogP contribution in [0.1, 0.15) is 29.9 Å². The minimum Gasteiger partial charge on any atom is -0.480 e. The molecule has 5 nitrogen and oxygen atoms in total. The van der Waals surface area contributed by atoms with Crippen LogP contribution >= 0.6 is 11.6 Å². The Balaban J connectivity index is 0.000000172. The van der Waals surface area contributed by atoms with Crippen molar-refractivity contribution in [3.63, 3.8) is 0 Å². The largest absolute Gasteiger partial charge is 0.480 e. The fourth-order valence-corrected chi connectivity index (χ4v) is 2.98. The molecule has 1 unspecified atom stereocenters. The number of fused-ring (bicyclic) bond motifs is 1. The van der Waals surface area contributed by atoms with Crippen molar-refractivity contribution in [3.8, 4) is 0 Å². The quantitative estimate of drug-likeness (QED) is 0.720. The lowest BCUT2D eigenvalue weighted by atomic mass is 9.95. The van der Waals surface area contributed by atoms with E-state index in [1.165, 1.54) is 11.1 Å². The molecular formula is C16H21ClN2O3. The van der Waals surface area contributed by atoms with Gasteiger partial charge in [0, 0.05) is 24.8 Å². The van der Waals surface area contributed by atoms with Crippen LogP contribution in [0, 0.1) is 0 Å². The van der Waals surface area contributed by atoms with Gasteiger partial charge < -0.3 is 15.7 Å². The lowest BCUT2D eigenvalue weighted by Gasteiger charge is -2.13. The summed E-state index contributed by atoms with van der Waals surface area (Å²) in [5.74, 6) is 0.0907. The van der Waals surface area contributed by atoms with Crippen LogP contribution in [-0.2, 0) is 16.0 Å². The molecule has 0 bridgehead atoms. The van der Waals surface area contributed by atoms with Crippen LogP contribution in [0.2, 0.25) is 0 Å². The summed E-state index contributed by atoms with van der Waals surface area (Å²) >= 11 is 5.94. The number of benzene rings is 1. The summed E-state index contributed by atoms with van der Waals surface area (Å²) in [4.78, 5) is 20.5. The van der Waals surface area contributed by atoms with Crippen molar-refractivity contribution in [3.05, 3.63) is 35.4 Å². The van der Waals surface area contributed by atoms with Gasteiger partial charge in [-0.15, -0.1) is 11.6 Å². The molecule has 0 saturated carbocycles. The van der Waals surface area contributed by atoms with Crippen LogP contribution in [0.4, 0.5) is 0 Å². The molecule has 1 amide bonds. The molecule has 2 atom stereocenters. The molecule has 1 saturated heterocycles. The third kappa shape index (κ3) is 4.45. The smallest absolute Gasteiger partial charge is 0.326 e. The minimum absolute atomic E-state index is 0.164. The maximum absolute atomic E-state index is 10.4. The number of carbonyl (C=O) groups excluding carboxylic acids is 1. The average Bonchev–Trinajstić information content (AvgIpc) is 2.85. The third-order valence-electron chi connectivity index (χ3n) is 3.94. The van der Waals surface area contributed by atoms with Gasteiger partial charge in [0.05, 0.1) is 0 Å². The Labute approximate surface area is 135 Å². The molecular weight excluding hydrogens is 304 g/mol. The van der Waals surface area contributed by atoms with Crippen molar-refractivity contribution >= 4 is 23.5 Å². The summed E-state index contributed by atoms with van der Waals surface area (Å²) in [5.41, 5.74) is 2.89. The fourth-order valence-electron chi connectivity index (χ4n) is 2.71. The topological polar surface area (TPSA) is 78.4 Å². The van der Waals surface area contributed by atoms with Crippen LogP contribution in [0.15, 0.2) is 24.3 Å². The van der Waals surface area contributed by atoms with E-state index in [2.05, 4.69) is 34.9 Å². The second-order valence-corrected chi connectivity index (χ2v) is 5.81. The highest BCUT2D eigenvalue weighted by Gasteiger charge is 2.26. The van der Waals surface area contributed by atoms with Crippen LogP contribution in [0.25, 0.3) is 0 Å². The van der Waals surface area contributed by atoms with Gasteiger partial charge in [0.2, 0.25) is 5.91 Å². The van der Waals surface area contributed by atoms with E-state index in [0.29, 0.717) is 24.6 Å². The van der Waals surface area contributed by atoms with E-state index < -0.39 is 12.0 Å². The lowest BCUT2D eigenvalue weighted by molar-refractivity contribution is -0.140. The zero-order valence-corrected chi connectivity index (χ0v) is 13.1. The molecule has 120 valence electrons. The first-order valence-corrected chi connectivity index (χ1v) is 8.02. The summed E-state index contributed by atoms with van der Waals surface area (Å²) in [6.07, 6.45) is 1.90. The van der Waals surface area contributed by atoms with E-state index in [1.807, 2.05) is 0 Å². The number of hydrogen-bond acceptors (Lipinski definition) is 3. The van der Waals surface area contributed by atoms with Crippen molar-refractivity contribution in [1.29, 1.82) is 0 Å². The highest BCUT2D eigenvalue weighted by Crippen LogP contribution is 2.23. The van der Waals surface area contributed by atoms with E-state index in [4.69, 9.17) is 16.7 Å². The number of aliphatic carboxylic acids is 1. The molecule has 0 aromatic heterocycles. The van der Waals surface area contributed by atoms with Crippen LogP contribution in [0.5, 0.6) is 0 Å². The minimum atomic E-state index is -0.944. The molecule has 2 heterocycles. The summed E-state index contributed by atoms with van der Waals surface area (Å²) < 4.78 is 0. The third-order valence-corrected chi connectivity index (χ3v) is 4.31. The Morgan fingerprint density at radius 1 is 1.32 bits per heavy atom. The maximum Gasteiger partial charge on any atom is 0.326 e. The molecule has 6 heteroatoms. The number of carbonyl (C=O) groups is 2. The lowest BCUT2D eigenvalue weighted by Crippen LogP contribution is -2.32. The summed E-state index contributed by atoms with van der Waals surface area (Å²) in [6.45, 7) is 2.09. The van der Waals surface area contributed by atoms with Gasteiger partial charge in [0.15, 0.2) is 0 Å². The van der Waals surface area contributed by atoms with Crippen molar-refractivity contribution in [2.24, 2.45) is 0 Å². The first kappa shape index (κ1) is 16.8. The molecule has 2 aliphatic heterocycles. The molecule has 22 heavy (non-hydrogen) atoms. The van der Waals surface area contributed by atoms with Gasteiger partial charge >= 0.3 is 5.97 Å². The number of nitrogens with one attached hydrogen (secondary N) is 2. The van der Waals surface area contributed by atoms with Gasteiger partial charge in [0.1, 0.15) is 6.04 Å². The van der Waals surface area contributed by atoms with Crippen molar-refractivity contribution < 1.29 is 14.7 Å². The molecule has 0 aliphatic carbocycles. The molecule has 1 fully saturated rings. The summed E-state index contributed by atoms with van der Waals surface area (Å²) in [6, 6.07) is 7.98. The van der Waals surface area contributed by atoms with Gasteiger partial charge in [-0.1, -0.05) is 24.3 Å². The molecule has 0 radical (unpaired) electrons. The van der Waals surface area contributed by atoms with E-state index in [1.54, 1.807) is 0 Å². The number of halogens is 1. The predicted octanol–water partition coefficient (Wildman–Crippen LogP) is 1.50. The normalized spacial score (nSPS) is 23.6. The van der Waals surface area contributed by atoms with E-state index in [9.17, 15) is 9.59 Å². The summed E-state index contributed by atoms with van der Waals surface area (Å²) in [5, 5.41) is 14.0. The Kier molecular flexibility index (Phi) is 6.21. The van der Waals surface area contributed by atoms with Crippen LogP contribution in [0.3, 0.4) is 0 Å². The van der Waals surface area contributed by atoms with Crippen molar-refractivity contribution in [2.75, 3.05) is 19.0 Å². The maximum atomic E-state index is 10.4. The number of carboxylic acids is 1. The van der Waals surface area contributed by atoms with Gasteiger partial charge in [-0.2, -0.15) is 0 Å². The van der Waals surface area contributed by atoms with Crippen molar-refractivity contribution in [2.45, 2.75) is 31.2 Å². The standard InChI is InChI=1S/C11H14ClN.C5H7NO3/c12-7-10-8-13-6-5-9-3-1-2-4-11(9)10;7-4-2-1-3(6-4)5(8)9/h1-4,10,13H,5-8H2;3H,1-2H2,(H,6,7)(H,8,9)/t;3-/m.0/s1. The average molecular weight is 325 g/mol. The van der Waals surface area contributed by atoms with E-state index in [-0.39, 0.29) is 5.91 Å². The summed E-state index contributed by atoms with van der Waals surface area (Å²) in [7, 11) is 0. The highest BCUT2D eigenvalue weighted by atomic mass is 35.5. The van der Waals surface area contributed by atoms with Gasteiger partial charge in [-0.3, -0.25) is 4.79 Å². The Bertz CT molecular complexity index is 536. The van der Waals surface area contributed by atoms with E-state index >= 15 is 0 Å². The Hall–Kier alpha value is -1.59. The molecule has 1 aromatic rings. The van der Waals surface area contributed by atoms with Gasteiger partial charge in [0.25, 0.3) is 0 Å². The van der Waals surface area contributed by atoms with Gasteiger partial charge in [-0.25, -0.2) is 4.79 Å². The number of carboxylic acid groups (broad SMARTS) is 1. The number of rotatable bonds is 2. The monoisotopic (exact) mass is 324 g/mol. The van der Waals surface area contributed by atoms with E-state index in [0.717, 1.165) is 19.5 Å². The second-order valence-electron chi connectivity index (χ2n) is 5.50. The zero-order chi connectivity index (χ0) is 15.9. The van der Waals surface area contributed by atoms with Crippen LogP contribution in [-0.4, -0.2) is 42.0 Å². The molecule has 1 aromatic carbocycles. The molecule has 3 rings (SSSR count). The SMILES string of the molecule is ClCC1CNCCc2ccccc21.O=C1CC[C@@H](C(=O)O)N1. The predicted molar refractivity (Wildman–Crippen MR) is 85.3 cm³/mol. The molecule has 0 spiro atoms. The molecule has 2 aliphatic rings. The first-order valence-electron chi connectivity index (χ1n) is 7.48. The zero-order valence-electron chi connectivity index (χ0n) is 12.3. The molecule has 3 N–H and O–H groups in total. The Morgan fingerprint density at radius 2 is 2.09 bits per heavy atom. The van der Waals surface area contributed by atoms with Crippen LogP contribution < -0.4 is 10.6 Å². The number of alkyl halides is 1. The highest BCUT2D eigenvalue weighted by molar-refractivity contribution is 6.18. The fraction of sp³-hybridized carbons (Fsp3) is 0.500. The number of amides is 1. The second kappa shape index (κ2) is 8.15. The Morgan fingerprint density at radius 3 is 2.68 bits per heavy atom. The number of hydrogen-bond donors (Lipinski definition) is 3. The van der Waals surface area contributed by atoms with Crippen molar-refractivity contribution in [1.82, 2.24) is 10.6 Å². The van der Waals surface area contributed by atoms with Gasteiger partial charge in [-0.05, 0) is 30.5 Å². The first-order chi connectivity index (χ1) is 10.6.